The first-order valence-corrected chi connectivity index (χ1v) is 20.2. The Kier molecular flexibility index (Phi) is 11.7. The van der Waals surface area contributed by atoms with Crippen molar-refractivity contribution in [3.05, 3.63) is 142 Å². The maximum Gasteiger partial charge on any atom is 0.415 e. The smallest absolute Gasteiger partial charge is 0.410 e. The summed E-state index contributed by atoms with van der Waals surface area (Å²) in [6.45, 7) is 7.83. The summed E-state index contributed by atoms with van der Waals surface area (Å²) in [7, 11) is 3.45. The Labute approximate surface area is 340 Å². The first-order chi connectivity index (χ1) is 28.3. The van der Waals surface area contributed by atoms with Crippen molar-refractivity contribution in [2.24, 2.45) is 0 Å². The highest BCUT2D eigenvalue weighted by Gasteiger charge is 2.35. The maximum atomic E-state index is 15.5. The number of fused-ring (bicyclic) bond motifs is 2. The topological polar surface area (TPSA) is 96.8 Å². The van der Waals surface area contributed by atoms with Gasteiger partial charge < -0.3 is 33.5 Å². The lowest BCUT2D eigenvalue weighted by molar-refractivity contribution is 0.0193. The van der Waals surface area contributed by atoms with Crippen LogP contribution >= 0.6 is 0 Å². The number of anilines is 1. The van der Waals surface area contributed by atoms with Crippen LogP contribution in [-0.2, 0) is 41.9 Å². The lowest BCUT2D eigenvalue weighted by Crippen LogP contribution is -2.52. The van der Waals surface area contributed by atoms with E-state index in [0.717, 1.165) is 65.4 Å². The number of hydrogen-bond acceptors (Lipinski definition) is 7. The highest BCUT2D eigenvalue weighted by molar-refractivity contribution is 6.08. The molecule has 1 fully saturated rings. The summed E-state index contributed by atoms with van der Waals surface area (Å²) in [5.74, 6) is 0.260. The van der Waals surface area contributed by atoms with Crippen molar-refractivity contribution in [3.63, 3.8) is 0 Å². The fraction of sp³-hybridized carbons (Fsp3) is 0.340. The van der Waals surface area contributed by atoms with Crippen molar-refractivity contribution in [3.8, 4) is 17.0 Å². The van der Waals surface area contributed by atoms with Gasteiger partial charge in [-0.25, -0.2) is 4.79 Å². The molecule has 8 rings (SSSR count). The third kappa shape index (κ3) is 8.16. The van der Waals surface area contributed by atoms with E-state index in [-0.39, 0.29) is 17.9 Å². The van der Waals surface area contributed by atoms with Gasteiger partial charge in [0.1, 0.15) is 5.75 Å². The van der Waals surface area contributed by atoms with Gasteiger partial charge in [0.25, 0.3) is 11.8 Å². The Morgan fingerprint density at radius 2 is 1.50 bits per heavy atom. The summed E-state index contributed by atoms with van der Waals surface area (Å²) in [6, 6.07) is 33.0. The standard InChI is InChI=1S/C47H51N5O6/c1-33-41(45(53)48(2)38-14-6-4-7-15-38)29-44(51(33)22-23-56-3)42-27-35-18-19-50(47(55)58-40-16-8-5-9-17-40)30-37(35)28-43(42)46(54)52-31-36-13-11-10-12-34(36)26-39(52)32-49-20-24-57-25-21-49/h4-17,27-29,39H,18-26,30-32H2,1-3H3/t39-/m0/s1. The highest BCUT2D eigenvalue weighted by atomic mass is 16.6. The monoisotopic (exact) mass is 781 g/mol. The Morgan fingerprint density at radius 1 is 0.793 bits per heavy atom. The minimum atomic E-state index is -0.429. The van der Waals surface area contributed by atoms with Gasteiger partial charge in [-0.3, -0.25) is 14.5 Å². The number of amides is 3. The van der Waals surface area contributed by atoms with Crippen LogP contribution in [0.15, 0.2) is 103 Å². The number of carbonyl (C=O) groups is 3. The first-order valence-electron chi connectivity index (χ1n) is 20.2. The lowest BCUT2D eigenvalue weighted by atomic mass is 9.89. The molecular formula is C47H51N5O6. The number of benzene rings is 4. The van der Waals surface area contributed by atoms with Gasteiger partial charge >= 0.3 is 6.09 Å². The van der Waals surface area contributed by atoms with Crippen LogP contribution in [0.3, 0.4) is 0 Å². The zero-order chi connectivity index (χ0) is 40.2. The molecule has 58 heavy (non-hydrogen) atoms. The van der Waals surface area contributed by atoms with E-state index in [1.54, 1.807) is 36.1 Å². The molecule has 4 heterocycles. The van der Waals surface area contributed by atoms with E-state index < -0.39 is 6.09 Å². The zero-order valence-electron chi connectivity index (χ0n) is 33.6. The Morgan fingerprint density at radius 3 is 2.24 bits per heavy atom. The third-order valence-corrected chi connectivity index (χ3v) is 11.8. The van der Waals surface area contributed by atoms with Gasteiger partial charge in [-0.2, -0.15) is 0 Å². The summed E-state index contributed by atoms with van der Waals surface area (Å²) >= 11 is 0. The number of nitrogens with zero attached hydrogens (tertiary/aromatic N) is 5. The van der Waals surface area contributed by atoms with Crippen molar-refractivity contribution in [2.45, 2.75) is 45.4 Å². The molecule has 0 spiro atoms. The van der Waals surface area contributed by atoms with Crippen LogP contribution in [0.25, 0.3) is 11.3 Å². The van der Waals surface area contributed by atoms with E-state index in [2.05, 4.69) is 33.7 Å². The predicted molar refractivity (Wildman–Crippen MR) is 223 cm³/mol. The summed E-state index contributed by atoms with van der Waals surface area (Å²) in [6.07, 6.45) is 0.895. The van der Waals surface area contributed by atoms with Gasteiger partial charge in [-0.05, 0) is 84.5 Å². The summed E-state index contributed by atoms with van der Waals surface area (Å²) < 4.78 is 19.1. The Hall–Kier alpha value is -5.75. The van der Waals surface area contributed by atoms with Crippen LogP contribution in [0, 0.1) is 6.92 Å². The van der Waals surface area contributed by atoms with E-state index in [1.807, 2.05) is 78.6 Å². The van der Waals surface area contributed by atoms with Crippen LogP contribution in [-0.4, -0.2) is 103 Å². The number of rotatable bonds is 10. The number of para-hydroxylation sites is 2. The van der Waals surface area contributed by atoms with Gasteiger partial charge in [0.15, 0.2) is 0 Å². The molecule has 4 aromatic carbocycles. The summed E-state index contributed by atoms with van der Waals surface area (Å²) in [4.78, 5) is 51.0. The molecule has 1 aromatic heterocycles. The number of aromatic nitrogens is 1. The molecule has 300 valence electrons. The van der Waals surface area contributed by atoms with Crippen molar-refractivity contribution in [1.82, 2.24) is 19.3 Å². The van der Waals surface area contributed by atoms with Crippen LogP contribution in [0.4, 0.5) is 10.5 Å². The number of ether oxygens (including phenoxy) is 3. The van der Waals surface area contributed by atoms with E-state index >= 15 is 4.79 Å². The van der Waals surface area contributed by atoms with Crippen LogP contribution in [0.2, 0.25) is 0 Å². The highest BCUT2D eigenvalue weighted by Crippen LogP contribution is 2.36. The average molecular weight is 782 g/mol. The van der Waals surface area contributed by atoms with Gasteiger partial charge in [-0.1, -0.05) is 60.7 Å². The molecule has 1 saturated heterocycles. The molecule has 3 aliphatic rings. The zero-order valence-corrected chi connectivity index (χ0v) is 33.6. The van der Waals surface area contributed by atoms with Gasteiger partial charge in [-0.15, -0.1) is 0 Å². The number of carbonyl (C=O) groups excluding carboxylic acids is 3. The van der Waals surface area contributed by atoms with Gasteiger partial charge in [0.05, 0.1) is 25.4 Å². The minimum absolute atomic E-state index is 0.0691. The molecular weight excluding hydrogens is 731 g/mol. The van der Waals surface area contributed by atoms with E-state index in [0.29, 0.717) is 69.3 Å². The Bertz CT molecular complexity index is 2270. The van der Waals surface area contributed by atoms with Gasteiger partial charge in [0, 0.05) is 94.2 Å². The molecule has 5 aromatic rings. The van der Waals surface area contributed by atoms with Crippen LogP contribution in [0.1, 0.15) is 48.7 Å². The second-order valence-corrected chi connectivity index (χ2v) is 15.4. The second-order valence-electron chi connectivity index (χ2n) is 15.4. The largest absolute Gasteiger partial charge is 0.415 e. The average Bonchev–Trinajstić information content (AvgIpc) is 3.59. The molecule has 1 atom stereocenters. The molecule has 3 aliphatic heterocycles. The maximum absolute atomic E-state index is 15.5. The SMILES string of the molecule is COCCn1c(-c2cc3c(cc2C(=O)N2Cc4ccccc4C[C@H]2CN2CCOCC2)CN(C(=O)Oc2ccccc2)CC3)cc(C(=O)N(C)c2ccccc2)c1C. The normalized spacial score (nSPS) is 16.7. The number of methoxy groups -OCH3 is 1. The lowest BCUT2D eigenvalue weighted by Gasteiger charge is -2.41. The molecule has 0 unspecified atom stereocenters. The molecule has 0 bridgehead atoms. The molecule has 0 N–H and O–H groups in total. The second kappa shape index (κ2) is 17.4. The van der Waals surface area contributed by atoms with Crippen molar-refractivity contribution in [2.75, 3.05) is 65.1 Å². The van der Waals surface area contributed by atoms with Crippen molar-refractivity contribution >= 4 is 23.6 Å². The molecule has 0 radical (unpaired) electrons. The molecule has 0 saturated carbocycles. The third-order valence-electron chi connectivity index (χ3n) is 11.8. The van der Waals surface area contributed by atoms with Crippen molar-refractivity contribution < 1.29 is 28.6 Å². The number of hydrogen-bond donors (Lipinski definition) is 0. The van der Waals surface area contributed by atoms with E-state index in [4.69, 9.17) is 14.2 Å². The van der Waals surface area contributed by atoms with Crippen LogP contribution < -0.4 is 9.64 Å². The Balaban J connectivity index is 1.22. The minimum Gasteiger partial charge on any atom is -0.410 e. The fourth-order valence-electron chi connectivity index (χ4n) is 8.54. The summed E-state index contributed by atoms with van der Waals surface area (Å²) in [5, 5.41) is 0. The molecule has 11 heteroatoms. The van der Waals surface area contributed by atoms with Crippen molar-refractivity contribution in [1.29, 1.82) is 0 Å². The van der Waals surface area contributed by atoms with E-state index in [9.17, 15) is 9.59 Å². The fourth-order valence-corrected chi connectivity index (χ4v) is 8.54. The molecule has 3 amide bonds. The summed E-state index contributed by atoms with van der Waals surface area (Å²) in [5.41, 5.74) is 8.56. The quantitative estimate of drug-likeness (QED) is 0.153. The first kappa shape index (κ1) is 39.1. The van der Waals surface area contributed by atoms with Gasteiger partial charge in [0.2, 0.25) is 0 Å². The van der Waals surface area contributed by atoms with Crippen LogP contribution in [0.5, 0.6) is 5.75 Å². The number of morpholine rings is 1. The van der Waals surface area contributed by atoms with E-state index in [1.165, 1.54) is 5.56 Å². The molecule has 11 nitrogen and oxygen atoms in total. The predicted octanol–water partition coefficient (Wildman–Crippen LogP) is 6.84. The molecule has 0 aliphatic carbocycles.